The predicted molar refractivity (Wildman–Crippen MR) is 133 cm³/mol. The number of halogens is 2. The van der Waals surface area contributed by atoms with Crippen LogP contribution in [0.1, 0.15) is 0 Å². The standard InChI is InChI=1S/C26H21Cl2O2P/c27-25(28)26(29)30-31(21-13-5-1-6-14-21,22-15-7-2-8-16-22,23-17-9-3-10-18-23)24-19-11-4-12-20-24/h1-20,25H. The van der Waals surface area contributed by atoms with Gasteiger partial charge in [-0.1, -0.05) is 0 Å². The Bertz CT molecular complexity index is 982. The fourth-order valence-electron chi connectivity index (χ4n) is 4.17. The molecule has 0 spiro atoms. The van der Waals surface area contributed by atoms with Crippen molar-refractivity contribution in [2.75, 3.05) is 0 Å². The Hall–Kier alpha value is -2.64. The van der Waals surface area contributed by atoms with Crippen molar-refractivity contribution in [3.8, 4) is 0 Å². The fourth-order valence-corrected chi connectivity index (χ4v) is 10.0. The average Bonchev–Trinajstić information content (AvgIpc) is 2.85. The summed E-state index contributed by atoms with van der Waals surface area (Å²) in [5, 5.41) is 3.55. The Labute approximate surface area is 192 Å². The van der Waals surface area contributed by atoms with E-state index in [2.05, 4.69) is 0 Å². The van der Waals surface area contributed by atoms with Crippen molar-refractivity contribution in [2.45, 2.75) is 4.84 Å². The molecule has 0 bridgehead atoms. The van der Waals surface area contributed by atoms with E-state index in [1.165, 1.54) is 0 Å². The summed E-state index contributed by atoms with van der Waals surface area (Å²) < 4.78 is 6.66. The fraction of sp³-hybridized carbons (Fsp3) is 0.0385. The first-order valence-electron chi connectivity index (χ1n) is 9.85. The molecule has 0 aliphatic carbocycles. The molecule has 0 aliphatic heterocycles. The van der Waals surface area contributed by atoms with E-state index in [4.69, 9.17) is 27.7 Å². The summed E-state index contributed by atoms with van der Waals surface area (Å²) >= 11 is 12.1. The average molecular weight is 467 g/mol. The van der Waals surface area contributed by atoms with Gasteiger partial charge in [0, 0.05) is 0 Å². The Balaban J connectivity index is 2.28. The van der Waals surface area contributed by atoms with Crippen molar-refractivity contribution in [1.29, 1.82) is 0 Å². The van der Waals surface area contributed by atoms with Gasteiger partial charge in [0.15, 0.2) is 0 Å². The molecule has 0 unspecified atom stereocenters. The summed E-state index contributed by atoms with van der Waals surface area (Å²) in [5.41, 5.74) is 0. The molecular weight excluding hydrogens is 446 g/mol. The molecule has 0 radical (unpaired) electrons. The Kier molecular flexibility index (Phi) is 6.16. The first-order chi connectivity index (χ1) is 15.1. The molecule has 4 aromatic rings. The quantitative estimate of drug-likeness (QED) is 0.291. The van der Waals surface area contributed by atoms with Gasteiger partial charge < -0.3 is 0 Å². The third kappa shape index (κ3) is 3.46. The summed E-state index contributed by atoms with van der Waals surface area (Å²) in [5.74, 6) is -0.679. The van der Waals surface area contributed by atoms with E-state index in [0.717, 1.165) is 21.2 Å². The molecule has 0 N–H and O–H groups in total. The van der Waals surface area contributed by atoms with Crippen LogP contribution in [0.4, 0.5) is 0 Å². The monoisotopic (exact) mass is 466 g/mol. The SMILES string of the molecule is O=C(OP(c1ccccc1)(c1ccccc1)(c1ccccc1)c1ccccc1)C(Cl)Cl. The summed E-state index contributed by atoms with van der Waals surface area (Å²) in [7, 11) is 0. The van der Waals surface area contributed by atoms with Gasteiger partial charge in [-0.3, -0.25) is 0 Å². The zero-order valence-electron chi connectivity index (χ0n) is 16.6. The van der Waals surface area contributed by atoms with Gasteiger partial charge in [0.2, 0.25) is 0 Å². The molecule has 0 aliphatic rings. The van der Waals surface area contributed by atoms with Gasteiger partial charge in [-0.2, -0.15) is 0 Å². The number of carbonyl (C=O) groups is 1. The van der Waals surface area contributed by atoms with Gasteiger partial charge in [0.05, 0.1) is 0 Å². The van der Waals surface area contributed by atoms with E-state index < -0.39 is 17.6 Å². The van der Waals surface area contributed by atoms with E-state index >= 15 is 0 Å². The van der Waals surface area contributed by atoms with Gasteiger partial charge in [-0.25, -0.2) is 0 Å². The normalized spacial score (nSPS) is 12.7. The number of carbonyl (C=O) groups excluding carboxylic acids is 1. The number of rotatable bonds is 6. The van der Waals surface area contributed by atoms with Crippen molar-refractivity contribution < 1.29 is 9.32 Å². The zero-order valence-corrected chi connectivity index (χ0v) is 19.1. The summed E-state index contributed by atoms with van der Waals surface area (Å²) in [6.45, 7) is -4.02. The molecule has 0 heterocycles. The molecule has 0 atom stereocenters. The van der Waals surface area contributed by atoms with Crippen molar-refractivity contribution >= 4 is 57.2 Å². The molecule has 31 heavy (non-hydrogen) atoms. The number of alkyl halides is 2. The molecule has 4 aromatic carbocycles. The predicted octanol–water partition coefficient (Wildman–Crippen LogP) is 5.10. The second-order valence-corrected chi connectivity index (χ2v) is 12.5. The zero-order chi connectivity index (χ0) is 21.8. The van der Waals surface area contributed by atoms with Crippen molar-refractivity contribution in [3.05, 3.63) is 121 Å². The van der Waals surface area contributed by atoms with Gasteiger partial charge in [0.25, 0.3) is 0 Å². The minimum atomic E-state index is -4.02. The molecule has 0 fully saturated rings. The number of benzene rings is 4. The molecule has 0 saturated carbocycles. The van der Waals surface area contributed by atoms with E-state index in [-0.39, 0.29) is 0 Å². The Morgan fingerprint density at radius 1 is 0.548 bits per heavy atom. The molecule has 0 saturated heterocycles. The van der Waals surface area contributed by atoms with Crippen LogP contribution >= 0.6 is 30.0 Å². The van der Waals surface area contributed by atoms with Crippen LogP contribution in [-0.4, -0.2) is 10.8 Å². The molecule has 5 heteroatoms. The van der Waals surface area contributed by atoms with Gasteiger partial charge in [-0.15, -0.1) is 0 Å². The van der Waals surface area contributed by atoms with Crippen LogP contribution in [0, 0.1) is 0 Å². The number of hydrogen-bond donors (Lipinski definition) is 0. The molecular formula is C26H21Cl2O2P. The second kappa shape index (κ2) is 8.85. The molecule has 4 rings (SSSR count). The van der Waals surface area contributed by atoms with Crippen LogP contribution in [-0.2, 0) is 9.32 Å². The van der Waals surface area contributed by atoms with E-state index in [9.17, 15) is 4.79 Å². The van der Waals surface area contributed by atoms with Crippen LogP contribution in [0.25, 0.3) is 0 Å². The van der Waals surface area contributed by atoms with Crippen LogP contribution in [0.15, 0.2) is 121 Å². The van der Waals surface area contributed by atoms with E-state index in [0.29, 0.717) is 0 Å². The third-order valence-electron chi connectivity index (χ3n) is 5.45. The minimum absolute atomic E-state index is 0.679. The van der Waals surface area contributed by atoms with Gasteiger partial charge in [0.1, 0.15) is 0 Å². The molecule has 0 aromatic heterocycles. The van der Waals surface area contributed by atoms with Crippen molar-refractivity contribution in [2.24, 2.45) is 0 Å². The summed E-state index contributed by atoms with van der Waals surface area (Å²) in [6.07, 6.45) is 0. The van der Waals surface area contributed by atoms with Gasteiger partial charge >= 0.3 is 193 Å². The number of hydrogen-bond acceptors (Lipinski definition) is 2. The van der Waals surface area contributed by atoms with Crippen LogP contribution in [0.3, 0.4) is 0 Å². The third-order valence-corrected chi connectivity index (χ3v) is 11.5. The van der Waals surface area contributed by atoms with E-state index in [1.54, 1.807) is 0 Å². The molecule has 0 amide bonds. The van der Waals surface area contributed by atoms with Crippen LogP contribution in [0.2, 0.25) is 0 Å². The summed E-state index contributed by atoms with van der Waals surface area (Å²) in [4.78, 5) is 11.9. The van der Waals surface area contributed by atoms with E-state index in [1.807, 2.05) is 121 Å². The van der Waals surface area contributed by atoms with Crippen LogP contribution < -0.4 is 21.2 Å². The summed E-state index contributed by atoms with van der Waals surface area (Å²) in [6, 6.07) is 39.5. The van der Waals surface area contributed by atoms with Gasteiger partial charge in [-0.05, 0) is 0 Å². The first kappa shape index (κ1) is 21.6. The topological polar surface area (TPSA) is 26.3 Å². The van der Waals surface area contributed by atoms with Crippen molar-refractivity contribution in [3.63, 3.8) is 0 Å². The van der Waals surface area contributed by atoms with Crippen LogP contribution in [0.5, 0.6) is 0 Å². The maximum absolute atomic E-state index is 13.2. The van der Waals surface area contributed by atoms with Crippen molar-refractivity contribution in [1.82, 2.24) is 0 Å². The Morgan fingerprint density at radius 3 is 1.03 bits per heavy atom. The molecule has 156 valence electrons. The Morgan fingerprint density at radius 2 is 0.806 bits per heavy atom. The maximum atomic E-state index is 13.2. The first-order valence-corrected chi connectivity index (χ1v) is 12.9. The second-order valence-electron chi connectivity index (χ2n) is 7.09. The molecule has 2 nitrogen and oxygen atoms in total.